The SMILES string of the molecule is O=C(O)c1ccccc1C1CC(=O)c2cccc(Cl)c2O1. The average molecular weight is 303 g/mol. The molecule has 1 N–H and O–H groups in total. The van der Waals surface area contributed by atoms with E-state index in [1.807, 2.05) is 0 Å². The molecule has 0 amide bonds. The molecule has 21 heavy (non-hydrogen) atoms. The molecular weight excluding hydrogens is 292 g/mol. The first-order chi connectivity index (χ1) is 10.1. The molecule has 0 aliphatic carbocycles. The van der Waals surface area contributed by atoms with Crippen molar-refractivity contribution in [2.24, 2.45) is 0 Å². The number of fused-ring (bicyclic) bond motifs is 1. The highest BCUT2D eigenvalue weighted by atomic mass is 35.5. The number of hydrogen-bond donors (Lipinski definition) is 1. The maximum atomic E-state index is 12.2. The molecule has 1 aliphatic heterocycles. The molecule has 1 heterocycles. The number of ketones is 1. The number of aromatic carboxylic acids is 1. The van der Waals surface area contributed by atoms with Crippen LogP contribution in [0.4, 0.5) is 0 Å². The predicted octanol–water partition coefficient (Wildman–Crippen LogP) is 3.74. The molecule has 2 aromatic carbocycles. The van der Waals surface area contributed by atoms with Gasteiger partial charge in [-0.2, -0.15) is 0 Å². The normalized spacial score (nSPS) is 17.0. The van der Waals surface area contributed by atoms with Crippen LogP contribution in [-0.2, 0) is 0 Å². The number of hydrogen-bond acceptors (Lipinski definition) is 3. The number of carboxylic acid groups (broad SMARTS) is 1. The molecule has 0 aromatic heterocycles. The molecule has 4 nitrogen and oxygen atoms in total. The molecule has 0 saturated carbocycles. The summed E-state index contributed by atoms with van der Waals surface area (Å²) in [7, 11) is 0. The molecule has 3 rings (SSSR count). The first-order valence-corrected chi connectivity index (χ1v) is 6.76. The van der Waals surface area contributed by atoms with E-state index in [-0.39, 0.29) is 17.8 Å². The van der Waals surface area contributed by atoms with Gasteiger partial charge in [0.15, 0.2) is 5.78 Å². The van der Waals surface area contributed by atoms with Gasteiger partial charge in [0.05, 0.1) is 22.6 Å². The Bertz CT molecular complexity index is 739. The standard InChI is InChI=1S/C16H11ClO4/c17-12-7-3-6-11-13(18)8-14(21-15(11)12)9-4-1-2-5-10(9)16(19)20/h1-7,14H,8H2,(H,19,20). The molecule has 1 atom stereocenters. The molecule has 2 aromatic rings. The van der Waals surface area contributed by atoms with Gasteiger partial charge in [-0.05, 0) is 18.2 Å². The fraction of sp³-hybridized carbons (Fsp3) is 0.125. The second-order valence-corrected chi connectivity index (χ2v) is 5.15. The number of carboxylic acids is 1. The zero-order valence-corrected chi connectivity index (χ0v) is 11.6. The van der Waals surface area contributed by atoms with E-state index >= 15 is 0 Å². The van der Waals surface area contributed by atoms with Crippen LogP contribution in [0.15, 0.2) is 42.5 Å². The van der Waals surface area contributed by atoms with E-state index in [1.54, 1.807) is 36.4 Å². The number of halogens is 1. The number of rotatable bonds is 2. The summed E-state index contributed by atoms with van der Waals surface area (Å²) in [6.45, 7) is 0. The minimum absolute atomic E-state index is 0.0949. The monoisotopic (exact) mass is 302 g/mol. The van der Waals surface area contributed by atoms with Gasteiger partial charge in [-0.15, -0.1) is 0 Å². The Morgan fingerprint density at radius 1 is 1.19 bits per heavy atom. The Morgan fingerprint density at radius 2 is 1.95 bits per heavy atom. The zero-order valence-electron chi connectivity index (χ0n) is 10.9. The molecule has 1 unspecified atom stereocenters. The summed E-state index contributed by atoms with van der Waals surface area (Å²) in [5, 5.41) is 9.59. The van der Waals surface area contributed by atoms with Gasteiger partial charge in [-0.1, -0.05) is 35.9 Å². The van der Waals surface area contributed by atoms with Crippen molar-refractivity contribution in [2.45, 2.75) is 12.5 Å². The predicted molar refractivity (Wildman–Crippen MR) is 77.2 cm³/mol. The van der Waals surface area contributed by atoms with Gasteiger partial charge >= 0.3 is 5.97 Å². The molecule has 0 radical (unpaired) electrons. The van der Waals surface area contributed by atoms with Gasteiger partial charge in [0.2, 0.25) is 0 Å². The van der Waals surface area contributed by atoms with Crippen LogP contribution in [-0.4, -0.2) is 16.9 Å². The number of Topliss-reactive ketones (excluding diaryl/α,β-unsaturated/α-hetero) is 1. The number of benzene rings is 2. The van der Waals surface area contributed by atoms with Crippen molar-refractivity contribution in [3.63, 3.8) is 0 Å². The molecule has 0 bridgehead atoms. The Kier molecular flexibility index (Phi) is 3.39. The third-order valence-corrected chi connectivity index (χ3v) is 3.73. The van der Waals surface area contributed by atoms with Gasteiger partial charge in [0.25, 0.3) is 0 Å². The molecular formula is C16H11ClO4. The lowest BCUT2D eigenvalue weighted by Gasteiger charge is -2.27. The highest BCUT2D eigenvalue weighted by Gasteiger charge is 2.31. The Morgan fingerprint density at radius 3 is 2.71 bits per heavy atom. The molecule has 0 spiro atoms. The Balaban J connectivity index is 2.06. The summed E-state index contributed by atoms with van der Waals surface area (Å²) in [6, 6.07) is 11.5. The van der Waals surface area contributed by atoms with Gasteiger partial charge in [-0.25, -0.2) is 4.79 Å². The van der Waals surface area contributed by atoms with E-state index < -0.39 is 12.1 Å². The van der Waals surface area contributed by atoms with Crippen molar-refractivity contribution in [2.75, 3.05) is 0 Å². The average Bonchev–Trinajstić information content (AvgIpc) is 2.48. The van der Waals surface area contributed by atoms with Crippen molar-refractivity contribution in [3.05, 3.63) is 64.2 Å². The van der Waals surface area contributed by atoms with E-state index in [1.165, 1.54) is 6.07 Å². The highest BCUT2D eigenvalue weighted by molar-refractivity contribution is 6.32. The van der Waals surface area contributed by atoms with Crippen molar-refractivity contribution in [1.29, 1.82) is 0 Å². The van der Waals surface area contributed by atoms with Crippen molar-refractivity contribution in [3.8, 4) is 5.75 Å². The summed E-state index contributed by atoms with van der Waals surface area (Å²) in [5.41, 5.74) is 1.04. The third-order valence-electron chi connectivity index (χ3n) is 3.44. The number of ether oxygens (including phenoxy) is 1. The molecule has 0 fully saturated rings. The maximum Gasteiger partial charge on any atom is 0.336 e. The van der Waals surface area contributed by atoms with Crippen LogP contribution in [0.5, 0.6) is 5.75 Å². The van der Waals surface area contributed by atoms with Crippen LogP contribution < -0.4 is 4.74 Å². The number of carbonyl (C=O) groups excluding carboxylic acids is 1. The van der Waals surface area contributed by atoms with Gasteiger partial charge in [0, 0.05) is 5.56 Å². The summed E-state index contributed by atoms with van der Waals surface area (Å²) >= 11 is 6.07. The first-order valence-electron chi connectivity index (χ1n) is 6.38. The van der Waals surface area contributed by atoms with Crippen molar-refractivity contribution >= 4 is 23.4 Å². The first kappa shape index (κ1) is 13.6. The largest absolute Gasteiger partial charge is 0.483 e. The molecule has 106 valence electrons. The van der Waals surface area contributed by atoms with Crippen LogP contribution in [0.2, 0.25) is 5.02 Å². The van der Waals surface area contributed by atoms with Crippen LogP contribution >= 0.6 is 11.6 Å². The van der Waals surface area contributed by atoms with E-state index in [2.05, 4.69) is 0 Å². The molecule has 0 saturated heterocycles. The van der Waals surface area contributed by atoms with Crippen LogP contribution in [0.1, 0.15) is 38.8 Å². The van der Waals surface area contributed by atoms with Crippen LogP contribution in [0, 0.1) is 0 Å². The Hall–Kier alpha value is -2.33. The minimum atomic E-state index is -1.05. The van der Waals surface area contributed by atoms with Crippen molar-refractivity contribution in [1.82, 2.24) is 0 Å². The van der Waals surface area contributed by atoms with Crippen LogP contribution in [0.3, 0.4) is 0 Å². The van der Waals surface area contributed by atoms with E-state index in [9.17, 15) is 14.7 Å². The van der Waals surface area contributed by atoms with E-state index in [0.717, 1.165) is 0 Å². The smallest absolute Gasteiger partial charge is 0.336 e. The lowest BCUT2D eigenvalue weighted by atomic mass is 9.93. The maximum absolute atomic E-state index is 12.2. The van der Waals surface area contributed by atoms with E-state index in [0.29, 0.717) is 21.9 Å². The highest BCUT2D eigenvalue weighted by Crippen LogP contribution is 2.40. The molecule has 1 aliphatic rings. The topological polar surface area (TPSA) is 63.6 Å². The summed E-state index contributed by atoms with van der Waals surface area (Å²) < 4.78 is 5.79. The lowest BCUT2D eigenvalue weighted by molar-refractivity contribution is 0.0683. The summed E-state index contributed by atoms with van der Waals surface area (Å²) in [5.74, 6) is -0.837. The second kappa shape index (κ2) is 5.22. The minimum Gasteiger partial charge on any atom is -0.483 e. The summed E-state index contributed by atoms with van der Waals surface area (Å²) in [4.78, 5) is 23.5. The number of carbonyl (C=O) groups is 2. The Labute approximate surface area is 125 Å². The van der Waals surface area contributed by atoms with Crippen LogP contribution in [0.25, 0.3) is 0 Å². The lowest BCUT2D eigenvalue weighted by Crippen LogP contribution is -2.22. The van der Waals surface area contributed by atoms with E-state index in [4.69, 9.17) is 16.3 Å². The molecule has 5 heteroatoms. The van der Waals surface area contributed by atoms with Gasteiger partial charge < -0.3 is 9.84 Å². The fourth-order valence-electron chi connectivity index (χ4n) is 2.46. The van der Waals surface area contributed by atoms with Gasteiger partial charge in [0.1, 0.15) is 11.9 Å². The van der Waals surface area contributed by atoms with Crippen molar-refractivity contribution < 1.29 is 19.4 Å². The fourth-order valence-corrected chi connectivity index (χ4v) is 2.68. The van der Waals surface area contributed by atoms with Gasteiger partial charge in [-0.3, -0.25) is 4.79 Å². The second-order valence-electron chi connectivity index (χ2n) is 4.74. The summed E-state index contributed by atoms with van der Waals surface area (Å²) in [6.07, 6.45) is -0.547. The third kappa shape index (κ3) is 2.38. The number of para-hydroxylation sites is 1. The zero-order chi connectivity index (χ0) is 15.0. The quantitative estimate of drug-likeness (QED) is 0.917.